The van der Waals surface area contributed by atoms with Crippen LogP contribution in [0.4, 0.5) is 0 Å². The maximum atomic E-state index is 10.9. The van der Waals surface area contributed by atoms with Gasteiger partial charge in [-0.05, 0) is 19.1 Å². The number of benzene rings is 2. The summed E-state index contributed by atoms with van der Waals surface area (Å²) in [5.41, 5.74) is 2.92. The molecule has 1 aromatic heterocycles. The van der Waals surface area contributed by atoms with E-state index < -0.39 is 5.97 Å². The lowest BCUT2D eigenvalue weighted by Crippen LogP contribution is -2.22. The van der Waals surface area contributed by atoms with Crippen LogP contribution in [0.3, 0.4) is 0 Å². The number of aromatic nitrogens is 1. The lowest BCUT2D eigenvalue weighted by atomic mass is 10.1. The van der Waals surface area contributed by atoms with Gasteiger partial charge in [0.2, 0.25) is 0 Å². The average Bonchev–Trinajstić information content (AvgIpc) is 3.04. The van der Waals surface area contributed by atoms with Crippen LogP contribution in [-0.2, 0) is 13.0 Å². The summed E-state index contributed by atoms with van der Waals surface area (Å²) in [7, 11) is 0. The Kier molecular flexibility index (Phi) is 5.36. The Bertz CT molecular complexity index is 907. The van der Waals surface area contributed by atoms with E-state index in [9.17, 15) is 9.90 Å². The molecule has 0 bridgehead atoms. The summed E-state index contributed by atoms with van der Waals surface area (Å²) in [6.07, 6.45) is 0.498. The summed E-state index contributed by atoms with van der Waals surface area (Å²) in [4.78, 5) is 15.0. The summed E-state index contributed by atoms with van der Waals surface area (Å²) >= 11 is 7.46. The normalized spacial score (nSPS) is 10.6. The van der Waals surface area contributed by atoms with Gasteiger partial charge in [-0.3, -0.25) is 0 Å². The highest BCUT2D eigenvalue weighted by Gasteiger charge is 2.10. The fourth-order valence-corrected chi connectivity index (χ4v) is 3.38. The lowest BCUT2D eigenvalue weighted by molar-refractivity contribution is -0.255. The zero-order valence-electron chi connectivity index (χ0n) is 13.5. The fraction of sp³-hybridized carbons (Fsp3) is 0.158. The number of hydrogen-bond acceptors (Lipinski definition) is 5. The van der Waals surface area contributed by atoms with Crippen LogP contribution < -0.4 is 9.84 Å². The smallest absolute Gasteiger partial charge is 0.123 e. The van der Waals surface area contributed by atoms with Crippen molar-refractivity contribution in [2.75, 3.05) is 0 Å². The zero-order valence-corrected chi connectivity index (χ0v) is 15.1. The topological polar surface area (TPSA) is 62.2 Å². The van der Waals surface area contributed by atoms with Gasteiger partial charge in [-0.1, -0.05) is 47.5 Å². The molecule has 2 aromatic carbocycles. The molecule has 3 rings (SSSR count). The second kappa shape index (κ2) is 7.68. The molecule has 0 saturated carbocycles. The highest BCUT2D eigenvalue weighted by atomic mass is 35.5. The van der Waals surface area contributed by atoms with Crippen molar-refractivity contribution in [1.82, 2.24) is 4.98 Å². The third-order valence-corrected chi connectivity index (χ3v) is 4.88. The van der Waals surface area contributed by atoms with Gasteiger partial charge in [-0.15, -0.1) is 11.3 Å². The third-order valence-electron chi connectivity index (χ3n) is 3.66. The molecule has 0 aliphatic carbocycles. The number of aromatic carboxylic acids is 1. The maximum Gasteiger partial charge on any atom is 0.123 e. The predicted molar refractivity (Wildman–Crippen MR) is 96.2 cm³/mol. The van der Waals surface area contributed by atoms with Crippen LogP contribution in [0.25, 0.3) is 0 Å². The molecule has 0 aliphatic heterocycles. The van der Waals surface area contributed by atoms with Gasteiger partial charge in [0.05, 0.1) is 16.7 Å². The van der Waals surface area contributed by atoms with Gasteiger partial charge in [0.15, 0.2) is 0 Å². The molecule has 3 aromatic rings. The lowest BCUT2D eigenvalue weighted by Gasteiger charge is -2.12. The molecule has 0 spiro atoms. The van der Waals surface area contributed by atoms with Crippen LogP contribution in [0, 0.1) is 6.92 Å². The van der Waals surface area contributed by atoms with Crippen molar-refractivity contribution in [1.29, 1.82) is 0 Å². The minimum absolute atomic E-state index is 0.0359. The van der Waals surface area contributed by atoms with E-state index in [0.29, 0.717) is 23.1 Å². The summed E-state index contributed by atoms with van der Waals surface area (Å²) in [5.74, 6) is -0.530. The number of nitrogens with zero attached hydrogens (tertiary/aromatic N) is 1. The number of carboxylic acids is 1. The molecular formula is C19H15ClNO3S-. The van der Waals surface area contributed by atoms with Gasteiger partial charge < -0.3 is 14.6 Å². The molecule has 0 aliphatic rings. The summed E-state index contributed by atoms with van der Waals surface area (Å²) < 4.78 is 5.95. The summed E-state index contributed by atoms with van der Waals surface area (Å²) in [6, 6.07) is 13.4. The molecule has 25 heavy (non-hydrogen) atoms. The number of carbonyl (C=O) groups excluding carboxylic acids is 1. The number of halogens is 1. The quantitative estimate of drug-likeness (QED) is 0.662. The number of rotatable bonds is 6. The Balaban J connectivity index is 1.80. The molecule has 1 heterocycles. The van der Waals surface area contributed by atoms with E-state index in [1.54, 1.807) is 0 Å². The van der Waals surface area contributed by atoms with E-state index in [0.717, 1.165) is 22.4 Å². The first-order chi connectivity index (χ1) is 12.0. The van der Waals surface area contributed by atoms with Crippen LogP contribution in [0.15, 0.2) is 47.8 Å². The van der Waals surface area contributed by atoms with Crippen LogP contribution >= 0.6 is 22.9 Å². The van der Waals surface area contributed by atoms with E-state index in [4.69, 9.17) is 16.3 Å². The first-order valence-corrected chi connectivity index (χ1v) is 8.90. The minimum Gasteiger partial charge on any atom is -0.543 e. The van der Waals surface area contributed by atoms with Gasteiger partial charge in [0, 0.05) is 28.0 Å². The molecular weight excluding hydrogens is 358 g/mol. The molecule has 0 amide bonds. The van der Waals surface area contributed by atoms with Crippen LogP contribution in [0.1, 0.15) is 32.2 Å². The molecule has 0 saturated heterocycles. The van der Waals surface area contributed by atoms with Crippen molar-refractivity contribution in [3.63, 3.8) is 0 Å². The number of carbonyl (C=O) groups is 1. The minimum atomic E-state index is -1.26. The van der Waals surface area contributed by atoms with Gasteiger partial charge >= 0.3 is 0 Å². The van der Waals surface area contributed by atoms with Crippen molar-refractivity contribution in [3.8, 4) is 5.75 Å². The molecule has 128 valence electrons. The average molecular weight is 373 g/mol. The molecule has 0 unspecified atom stereocenters. The fourth-order valence-electron chi connectivity index (χ4n) is 2.41. The van der Waals surface area contributed by atoms with Crippen molar-refractivity contribution < 1.29 is 14.6 Å². The SMILES string of the molecule is Cc1ccc(OCc2ccccc2Cl)c(Cc2nc(C(=O)[O-])cs2)c1. The van der Waals surface area contributed by atoms with E-state index in [2.05, 4.69) is 4.98 Å². The van der Waals surface area contributed by atoms with Crippen LogP contribution in [0.5, 0.6) is 5.75 Å². The highest BCUT2D eigenvalue weighted by molar-refractivity contribution is 7.09. The Morgan fingerprint density at radius 2 is 2.04 bits per heavy atom. The molecule has 0 radical (unpaired) electrons. The van der Waals surface area contributed by atoms with Gasteiger partial charge in [0.25, 0.3) is 0 Å². The van der Waals surface area contributed by atoms with Gasteiger partial charge in [-0.2, -0.15) is 0 Å². The molecule has 0 N–H and O–H groups in total. The van der Waals surface area contributed by atoms with E-state index in [1.165, 1.54) is 16.7 Å². The first kappa shape index (κ1) is 17.5. The van der Waals surface area contributed by atoms with E-state index in [-0.39, 0.29) is 5.69 Å². The second-order valence-corrected chi connectivity index (χ2v) is 6.93. The predicted octanol–water partition coefficient (Wildman–Crippen LogP) is 3.64. The third kappa shape index (κ3) is 4.38. The summed E-state index contributed by atoms with van der Waals surface area (Å²) in [6.45, 7) is 2.35. The molecule has 4 nitrogen and oxygen atoms in total. The Hall–Kier alpha value is -2.37. The first-order valence-electron chi connectivity index (χ1n) is 7.64. The number of aryl methyl sites for hydroxylation is 1. The van der Waals surface area contributed by atoms with Crippen LogP contribution in [0.2, 0.25) is 5.02 Å². The number of hydrogen-bond donors (Lipinski definition) is 0. The van der Waals surface area contributed by atoms with Crippen molar-refractivity contribution >= 4 is 28.9 Å². The number of ether oxygens (including phenoxy) is 1. The summed E-state index contributed by atoms with van der Waals surface area (Å²) in [5, 5.41) is 13.7. The monoisotopic (exact) mass is 372 g/mol. The van der Waals surface area contributed by atoms with Gasteiger partial charge in [0.1, 0.15) is 12.4 Å². The molecule has 6 heteroatoms. The van der Waals surface area contributed by atoms with Crippen LogP contribution in [-0.4, -0.2) is 11.0 Å². The number of carboxylic acid groups (broad SMARTS) is 1. The van der Waals surface area contributed by atoms with Crippen molar-refractivity contribution in [2.24, 2.45) is 0 Å². The van der Waals surface area contributed by atoms with E-state index >= 15 is 0 Å². The second-order valence-electron chi connectivity index (χ2n) is 5.58. The largest absolute Gasteiger partial charge is 0.543 e. The van der Waals surface area contributed by atoms with E-state index in [1.807, 2.05) is 49.4 Å². The molecule has 0 atom stereocenters. The Labute approximate surface area is 154 Å². The highest BCUT2D eigenvalue weighted by Crippen LogP contribution is 2.26. The van der Waals surface area contributed by atoms with Crippen molar-refractivity contribution in [2.45, 2.75) is 20.0 Å². The Morgan fingerprint density at radius 3 is 2.76 bits per heavy atom. The zero-order chi connectivity index (χ0) is 17.8. The molecule has 0 fully saturated rings. The Morgan fingerprint density at radius 1 is 1.24 bits per heavy atom. The standard InChI is InChI=1S/C19H16ClNO3S/c1-12-6-7-17(24-10-13-4-2-3-5-15(13)20)14(8-12)9-18-21-16(11-25-18)19(22)23/h2-8,11H,9-10H2,1H3,(H,22,23)/p-1. The number of thiazole rings is 1. The van der Waals surface area contributed by atoms with Gasteiger partial charge in [-0.25, -0.2) is 4.98 Å². The van der Waals surface area contributed by atoms with Crippen molar-refractivity contribution in [3.05, 3.63) is 80.3 Å². The maximum absolute atomic E-state index is 10.9.